The van der Waals surface area contributed by atoms with Crippen molar-refractivity contribution in [2.24, 2.45) is 0 Å². The van der Waals surface area contributed by atoms with Gasteiger partial charge in [0.2, 0.25) is 0 Å². The van der Waals surface area contributed by atoms with Gasteiger partial charge in [0.15, 0.2) is 0 Å². The maximum atomic E-state index is 8.26. The molecule has 0 aliphatic carbocycles. The van der Waals surface area contributed by atoms with Gasteiger partial charge in [-0.2, -0.15) is 0 Å². The predicted molar refractivity (Wildman–Crippen MR) is 27.5 cm³/mol. The zero-order valence-corrected chi connectivity index (χ0v) is 8.00. The summed E-state index contributed by atoms with van der Waals surface area (Å²) >= 11 is 4.38. The van der Waals surface area contributed by atoms with Crippen LogP contribution < -0.4 is 0 Å². The van der Waals surface area contributed by atoms with Crippen molar-refractivity contribution < 1.29 is 24.7 Å². The Bertz CT molecular complexity index is 66.0. The van der Waals surface area contributed by atoms with E-state index in [0.717, 1.165) is 5.06 Å². The van der Waals surface area contributed by atoms with Gasteiger partial charge in [-0.3, -0.25) is 10.3 Å². The molecular weight excluding hydrogens is 163 g/mol. The van der Waals surface area contributed by atoms with E-state index in [-0.39, 0.29) is 24.5 Å². The zero-order chi connectivity index (χ0) is 5.15. The maximum absolute atomic E-state index is 8.26. The van der Waals surface area contributed by atoms with Crippen LogP contribution in [0, 0.1) is 6.92 Å². The SMILES string of the molecule is [CH2-]C(=S)N(C)O.[Zn]. The largest absolute Gasteiger partial charge is 0.346 e. The second-order valence-corrected chi connectivity index (χ2v) is 1.39. The second-order valence-electron chi connectivity index (χ2n) is 0.917. The van der Waals surface area contributed by atoms with Crippen molar-refractivity contribution in [1.82, 2.24) is 5.06 Å². The monoisotopic (exact) mass is 168 g/mol. The molecule has 0 saturated carbocycles. The van der Waals surface area contributed by atoms with Crippen molar-refractivity contribution in [3.63, 3.8) is 0 Å². The fourth-order valence-corrected chi connectivity index (χ4v) is 0. The first-order valence-electron chi connectivity index (χ1n) is 1.43. The molecule has 0 radical (unpaired) electrons. The molecule has 7 heavy (non-hydrogen) atoms. The van der Waals surface area contributed by atoms with Crippen molar-refractivity contribution in [2.45, 2.75) is 0 Å². The first-order chi connectivity index (χ1) is 2.64. The van der Waals surface area contributed by atoms with E-state index in [1.54, 1.807) is 0 Å². The Morgan fingerprint density at radius 1 is 1.86 bits per heavy atom. The van der Waals surface area contributed by atoms with Crippen LogP contribution >= 0.6 is 12.2 Å². The molecule has 0 aromatic rings. The average Bonchev–Trinajstić information content (AvgIpc) is 1.36. The molecule has 0 rings (SSSR count). The third-order valence-electron chi connectivity index (χ3n) is 0.361. The summed E-state index contributed by atoms with van der Waals surface area (Å²) < 4.78 is 0. The number of hydrogen-bond acceptors (Lipinski definition) is 2. The molecule has 1 N–H and O–H groups in total. The molecular formula is C3H6NOSZn-. The van der Waals surface area contributed by atoms with Crippen LogP contribution in [0.25, 0.3) is 0 Å². The standard InChI is InChI=1S/C3H6NOS.Zn/c1-3(6)4(2)5;/h5H,1H2,2H3;/q-1;. The quantitative estimate of drug-likeness (QED) is 0.247. The van der Waals surface area contributed by atoms with Gasteiger partial charge in [-0.05, 0) is 4.99 Å². The van der Waals surface area contributed by atoms with Crippen LogP contribution in [-0.4, -0.2) is 22.3 Å². The topological polar surface area (TPSA) is 23.5 Å². The van der Waals surface area contributed by atoms with Crippen molar-refractivity contribution in [2.75, 3.05) is 7.05 Å². The smallest absolute Gasteiger partial charge is 0.0317 e. The van der Waals surface area contributed by atoms with Gasteiger partial charge in [0.05, 0.1) is 0 Å². The molecule has 0 aliphatic rings. The van der Waals surface area contributed by atoms with Gasteiger partial charge in [-0.1, -0.05) is 12.2 Å². The minimum Gasteiger partial charge on any atom is -0.346 e. The van der Waals surface area contributed by atoms with Crippen LogP contribution in [0.3, 0.4) is 0 Å². The number of hydroxylamine groups is 2. The van der Waals surface area contributed by atoms with Crippen LogP contribution in [-0.2, 0) is 19.5 Å². The minimum absolute atomic E-state index is 0. The molecule has 0 aromatic carbocycles. The molecule has 0 bridgehead atoms. The molecule has 0 saturated heterocycles. The van der Waals surface area contributed by atoms with Crippen molar-refractivity contribution >= 4 is 17.2 Å². The Balaban J connectivity index is 0. The summed E-state index contributed by atoms with van der Waals surface area (Å²) in [7, 11) is 1.43. The summed E-state index contributed by atoms with van der Waals surface area (Å²) in [4.78, 5) is 0.231. The normalized spacial score (nSPS) is 6.57. The molecule has 0 spiro atoms. The first kappa shape index (κ1) is 10.3. The molecule has 0 unspecified atom stereocenters. The van der Waals surface area contributed by atoms with Gasteiger partial charge in [0, 0.05) is 26.5 Å². The fourth-order valence-electron chi connectivity index (χ4n) is 0. The summed E-state index contributed by atoms with van der Waals surface area (Å²) in [5, 5.41) is 9.05. The predicted octanol–water partition coefficient (Wildman–Crippen LogP) is 0.466. The van der Waals surface area contributed by atoms with Crippen LogP contribution in [0.15, 0.2) is 0 Å². The fraction of sp³-hybridized carbons (Fsp3) is 0.333. The van der Waals surface area contributed by atoms with Crippen LogP contribution in [0.4, 0.5) is 0 Å². The minimum atomic E-state index is 0. The molecule has 0 aromatic heterocycles. The van der Waals surface area contributed by atoms with Gasteiger partial charge < -0.3 is 6.92 Å². The molecule has 0 amide bonds. The third kappa shape index (κ3) is 6.34. The Labute approximate surface area is 61.2 Å². The molecule has 38 valence electrons. The van der Waals surface area contributed by atoms with Gasteiger partial charge in [-0.15, -0.1) is 0 Å². The van der Waals surface area contributed by atoms with E-state index in [0.29, 0.717) is 0 Å². The average molecular weight is 170 g/mol. The van der Waals surface area contributed by atoms with E-state index in [2.05, 4.69) is 19.1 Å². The van der Waals surface area contributed by atoms with Crippen molar-refractivity contribution in [3.8, 4) is 0 Å². The molecule has 0 heterocycles. The first-order valence-corrected chi connectivity index (χ1v) is 1.84. The van der Waals surface area contributed by atoms with E-state index < -0.39 is 0 Å². The van der Waals surface area contributed by atoms with Gasteiger partial charge in [0.25, 0.3) is 0 Å². The molecule has 2 nitrogen and oxygen atoms in total. The van der Waals surface area contributed by atoms with E-state index in [1.165, 1.54) is 7.05 Å². The van der Waals surface area contributed by atoms with Crippen molar-refractivity contribution in [1.29, 1.82) is 0 Å². The van der Waals surface area contributed by atoms with Gasteiger partial charge >= 0.3 is 0 Å². The molecule has 0 atom stereocenters. The number of hydrogen-bond donors (Lipinski definition) is 1. The van der Waals surface area contributed by atoms with Crippen molar-refractivity contribution in [3.05, 3.63) is 6.92 Å². The summed E-state index contributed by atoms with van der Waals surface area (Å²) in [6.45, 7) is 3.25. The van der Waals surface area contributed by atoms with E-state index in [1.807, 2.05) is 0 Å². The van der Waals surface area contributed by atoms with E-state index in [4.69, 9.17) is 5.21 Å². The Kier molecular flexibility index (Phi) is 6.65. The Morgan fingerprint density at radius 2 is 2.00 bits per heavy atom. The summed E-state index contributed by atoms with van der Waals surface area (Å²) in [6.07, 6.45) is 0. The Hall–Kier alpha value is 0.343. The number of thiocarbonyl (C=S) groups is 1. The Morgan fingerprint density at radius 3 is 2.00 bits per heavy atom. The zero-order valence-electron chi connectivity index (χ0n) is 4.22. The number of rotatable bonds is 0. The third-order valence-corrected chi connectivity index (χ3v) is 0.625. The van der Waals surface area contributed by atoms with E-state index >= 15 is 0 Å². The van der Waals surface area contributed by atoms with Crippen LogP contribution in [0.2, 0.25) is 0 Å². The molecule has 4 heteroatoms. The summed E-state index contributed by atoms with van der Waals surface area (Å²) in [6, 6.07) is 0. The van der Waals surface area contributed by atoms with E-state index in [9.17, 15) is 0 Å². The second kappa shape index (κ2) is 4.50. The van der Waals surface area contributed by atoms with Gasteiger partial charge in [0.1, 0.15) is 0 Å². The molecule has 0 aliphatic heterocycles. The maximum Gasteiger partial charge on any atom is 0.0317 e. The van der Waals surface area contributed by atoms with Crippen LogP contribution in [0.1, 0.15) is 0 Å². The molecule has 0 fully saturated rings. The summed E-state index contributed by atoms with van der Waals surface area (Å²) in [5.41, 5.74) is 0. The summed E-state index contributed by atoms with van der Waals surface area (Å²) in [5.74, 6) is 0. The number of nitrogens with zero attached hydrogens (tertiary/aromatic N) is 1. The van der Waals surface area contributed by atoms with Gasteiger partial charge in [-0.25, -0.2) is 0 Å². The van der Waals surface area contributed by atoms with Crippen LogP contribution in [0.5, 0.6) is 0 Å².